The van der Waals surface area contributed by atoms with Crippen molar-refractivity contribution in [3.63, 3.8) is 0 Å². The molecule has 1 saturated heterocycles. The third-order valence-electron chi connectivity index (χ3n) is 4.24. The summed E-state index contributed by atoms with van der Waals surface area (Å²) in [6, 6.07) is 10.0. The molecule has 1 aliphatic heterocycles. The molecular formula is C20H21N3O6. The Kier molecular flexibility index (Phi) is 6.62. The van der Waals surface area contributed by atoms with Crippen molar-refractivity contribution in [3.05, 3.63) is 48.4 Å². The number of anilines is 2. The van der Waals surface area contributed by atoms with Crippen molar-refractivity contribution < 1.29 is 28.3 Å². The summed E-state index contributed by atoms with van der Waals surface area (Å²) in [5, 5.41) is 5.15. The molecule has 3 rings (SSSR count). The molecular weight excluding hydrogens is 378 g/mol. The maximum Gasteiger partial charge on any atom is 0.308 e. The minimum Gasteiger partial charge on any atom is -0.459 e. The van der Waals surface area contributed by atoms with Gasteiger partial charge in [0.1, 0.15) is 0 Å². The van der Waals surface area contributed by atoms with Crippen LogP contribution in [0.5, 0.6) is 0 Å². The van der Waals surface area contributed by atoms with Gasteiger partial charge in [-0.1, -0.05) is 6.07 Å². The van der Waals surface area contributed by atoms with Gasteiger partial charge in [0, 0.05) is 30.9 Å². The van der Waals surface area contributed by atoms with Crippen LogP contribution in [0.25, 0.3) is 0 Å². The number of benzene rings is 1. The summed E-state index contributed by atoms with van der Waals surface area (Å²) in [7, 11) is 0. The normalized spacial score (nSPS) is 13.2. The van der Waals surface area contributed by atoms with Gasteiger partial charge in [-0.3, -0.25) is 19.2 Å². The van der Waals surface area contributed by atoms with Crippen LogP contribution in [0.3, 0.4) is 0 Å². The highest BCUT2D eigenvalue weighted by Crippen LogP contribution is 2.24. The van der Waals surface area contributed by atoms with Crippen LogP contribution in [0, 0.1) is 0 Å². The van der Waals surface area contributed by atoms with E-state index in [1.807, 2.05) is 0 Å². The Labute approximate surface area is 167 Å². The van der Waals surface area contributed by atoms with Crippen LogP contribution in [0.15, 0.2) is 47.1 Å². The van der Waals surface area contributed by atoms with E-state index in [-0.39, 0.29) is 24.6 Å². The summed E-state index contributed by atoms with van der Waals surface area (Å²) in [5.74, 6) is -1.34. The average molecular weight is 399 g/mol. The van der Waals surface area contributed by atoms with Crippen molar-refractivity contribution >= 4 is 35.1 Å². The Morgan fingerprint density at radius 1 is 1.17 bits per heavy atom. The Hall–Kier alpha value is -3.62. The molecule has 0 spiro atoms. The second kappa shape index (κ2) is 9.54. The fraction of sp³-hybridized carbons (Fsp3) is 0.300. The second-order valence-corrected chi connectivity index (χ2v) is 6.39. The van der Waals surface area contributed by atoms with Crippen molar-refractivity contribution in [2.75, 3.05) is 29.9 Å². The summed E-state index contributed by atoms with van der Waals surface area (Å²) in [6.07, 6.45) is 2.63. The SMILES string of the molecule is O=C(COC(=O)CCNC(=O)c1ccco1)Nc1cccc(N2CCCC2=O)c1. The van der Waals surface area contributed by atoms with Crippen LogP contribution >= 0.6 is 0 Å². The van der Waals surface area contributed by atoms with Crippen LogP contribution in [-0.2, 0) is 19.1 Å². The topological polar surface area (TPSA) is 118 Å². The summed E-state index contributed by atoms with van der Waals surface area (Å²) >= 11 is 0. The van der Waals surface area contributed by atoms with E-state index in [0.29, 0.717) is 18.7 Å². The predicted molar refractivity (Wildman–Crippen MR) is 103 cm³/mol. The summed E-state index contributed by atoms with van der Waals surface area (Å²) in [5.41, 5.74) is 1.23. The Bertz CT molecular complexity index is 893. The molecule has 0 bridgehead atoms. The van der Waals surface area contributed by atoms with Crippen LogP contribution in [0.4, 0.5) is 11.4 Å². The van der Waals surface area contributed by atoms with Gasteiger partial charge in [0.2, 0.25) is 5.91 Å². The van der Waals surface area contributed by atoms with Crippen LogP contribution in [0.2, 0.25) is 0 Å². The fourth-order valence-electron chi connectivity index (χ4n) is 2.86. The number of carbonyl (C=O) groups is 4. The standard InChI is InChI=1S/C20H21N3O6/c24-17(13-29-19(26)8-9-21-20(27)16-6-3-11-28-16)22-14-4-1-5-15(12-14)23-10-2-7-18(23)25/h1,3-6,11-12H,2,7-10,13H2,(H,21,27)(H,22,24). The molecule has 9 nitrogen and oxygen atoms in total. The maximum atomic E-state index is 12.0. The Morgan fingerprint density at radius 3 is 2.76 bits per heavy atom. The lowest BCUT2D eigenvalue weighted by Gasteiger charge is -2.16. The van der Waals surface area contributed by atoms with Crippen molar-refractivity contribution in [1.82, 2.24) is 5.32 Å². The Balaban J connectivity index is 1.39. The molecule has 1 aromatic carbocycles. The summed E-state index contributed by atoms with van der Waals surface area (Å²) < 4.78 is 9.84. The van der Waals surface area contributed by atoms with Gasteiger partial charge in [0.15, 0.2) is 12.4 Å². The van der Waals surface area contributed by atoms with E-state index < -0.39 is 24.4 Å². The van der Waals surface area contributed by atoms with Gasteiger partial charge >= 0.3 is 5.97 Å². The number of nitrogens with zero attached hydrogens (tertiary/aromatic N) is 1. The molecule has 0 radical (unpaired) electrons. The first-order valence-corrected chi connectivity index (χ1v) is 9.20. The minimum absolute atomic E-state index is 0.0570. The molecule has 2 heterocycles. The minimum atomic E-state index is -0.615. The first-order valence-electron chi connectivity index (χ1n) is 9.20. The van der Waals surface area contributed by atoms with Crippen LogP contribution in [-0.4, -0.2) is 43.4 Å². The molecule has 0 saturated carbocycles. The van der Waals surface area contributed by atoms with Gasteiger partial charge in [-0.05, 0) is 36.8 Å². The number of ether oxygens (including phenoxy) is 1. The average Bonchev–Trinajstić information content (AvgIpc) is 3.38. The maximum absolute atomic E-state index is 12.0. The quantitative estimate of drug-likeness (QED) is 0.653. The first kappa shape index (κ1) is 20.1. The number of hydrogen-bond acceptors (Lipinski definition) is 6. The van der Waals surface area contributed by atoms with Crippen LogP contribution < -0.4 is 15.5 Å². The number of hydrogen-bond donors (Lipinski definition) is 2. The lowest BCUT2D eigenvalue weighted by molar-refractivity contribution is -0.147. The Morgan fingerprint density at radius 2 is 2.03 bits per heavy atom. The van der Waals surface area contributed by atoms with E-state index in [2.05, 4.69) is 10.6 Å². The number of esters is 1. The zero-order chi connectivity index (χ0) is 20.6. The van der Waals surface area contributed by atoms with Gasteiger partial charge in [-0.15, -0.1) is 0 Å². The zero-order valence-corrected chi connectivity index (χ0v) is 15.7. The molecule has 0 aliphatic carbocycles. The largest absolute Gasteiger partial charge is 0.459 e. The van der Waals surface area contributed by atoms with Gasteiger partial charge in [0.05, 0.1) is 12.7 Å². The molecule has 0 unspecified atom stereocenters. The van der Waals surface area contributed by atoms with Crippen molar-refractivity contribution in [3.8, 4) is 0 Å². The lowest BCUT2D eigenvalue weighted by Crippen LogP contribution is -2.27. The number of amides is 3. The third-order valence-corrected chi connectivity index (χ3v) is 4.24. The highest BCUT2D eigenvalue weighted by molar-refractivity contribution is 5.97. The molecule has 2 aromatic rings. The molecule has 2 N–H and O–H groups in total. The van der Waals surface area contributed by atoms with E-state index >= 15 is 0 Å². The van der Waals surface area contributed by atoms with E-state index in [9.17, 15) is 19.2 Å². The lowest BCUT2D eigenvalue weighted by atomic mass is 10.2. The highest BCUT2D eigenvalue weighted by Gasteiger charge is 2.21. The smallest absolute Gasteiger partial charge is 0.308 e. The van der Waals surface area contributed by atoms with E-state index in [1.54, 1.807) is 35.2 Å². The van der Waals surface area contributed by atoms with E-state index in [0.717, 1.165) is 12.1 Å². The van der Waals surface area contributed by atoms with E-state index in [1.165, 1.54) is 12.3 Å². The number of carbonyl (C=O) groups excluding carboxylic acids is 4. The third kappa shape index (κ3) is 5.68. The fourth-order valence-corrected chi connectivity index (χ4v) is 2.86. The molecule has 3 amide bonds. The van der Waals surface area contributed by atoms with Crippen molar-refractivity contribution in [2.24, 2.45) is 0 Å². The monoisotopic (exact) mass is 399 g/mol. The van der Waals surface area contributed by atoms with Gasteiger partial charge < -0.3 is 24.7 Å². The predicted octanol–water partition coefficient (Wildman–Crippen LogP) is 1.71. The molecule has 1 aliphatic rings. The molecule has 152 valence electrons. The molecule has 0 atom stereocenters. The summed E-state index contributed by atoms with van der Waals surface area (Å²) in [6.45, 7) is 0.272. The van der Waals surface area contributed by atoms with E-state index in [4.69, 9.17) is 9.15 Å². The van der Waals surface area contributed by atoms with Crippen LogP contribution in [0.1, 0.15) is 29.8 Å². The molecule has 9 heteroatoms. The summed E-state index contributed by atoms with van der Waals surface area (Å²) in [4.78, 5) is 48.9. The molecule has 1 aromatic heterocycles. The second-order valence-electron chi connectivity index (χ2n) is 6.39. The van der Waals surface area contributed by atoms with Crippen molar-refractivity contribution in [1.29, 1.82) is 0 Å². The van der Waals surface area contributed by atoms with Gasteiger partial charge in [-0.25, -0.2) is 0 Å². The van der Waals surface area contributed by atoms with Gasteiger partial charge in [0.25, 0.3) is 11.8 Å². The molecule has 1 fully saturated rings. The number of rotatable bonds is 8. The highest BCUT2D eigenvalue weighted by atomic mass is 16.5. The first-order chi connectivity index (χ1) is 14.0. The number of furan rings is 1. The molecule has 29 heavy (non-hydrogen) atoms. The zero-order valence-electron chi connectivity index (χ0n) is 15.7. The van der Waals surface area contributed by atoms with Gasteiger partial charge in [-0.2, -0.15) is 0 Å². The van der Waals surface area contributed by atoms with Crippen molar-refractivity contribution in [2.45, 2.75) is 19.3 Å². The number of nitrogens with one attached hydrogen (secondary N) is 2.